The number of rotatable bonds is 8. The summed E-state index contributed by atoms with van der Waals surface area (Å²) in [6.45, 7) is 4.00. The summed E-state index contributed by atoms with van der Waals surface area (Å²) in [5.74, 6) is 0.406. The minimum absolute atomic E-state index is 0.0766. The Balaban J connectivity index is 2.82. The summed E-state index contributed by atoms with van der Waals surface area (Å²) in [6, 6.07) is 7.00. The highest BCUT2D eigenvalue weighted by molar-refractivity contribution is 7.92. The molecule has 0 unspecified atom stereocenters. The van der Waals surface area contributed by atoms with Crippen molar-refractivity contribution in [2.24, 2.45) is 0 Å². The van der Waals surface area contributed by atoms with Crippen molar-refractivity contribution in [2.75, 3.05) is 24.2 Å². The molecule has 1 aromatic carbocycles. The maximum Gasteiger partial charge on any atom is 0.232 e. The van der Waals surface area contributed by atoms with E-state index in [1.54, 1.807) is 24.3 Å². The lowest BCUT2D eigenvalue weighted by Crippen LogP contribution is -2.33. The van der Waals surface area contributed by atoms with E-state index < -0.39 is 10.0 Å². The van der Waals surface area contributed by atoms with Crippen molar-refractivity contribution in [3.63, 3.8) is 0 Å². The molecule has 0 aliphatic carbocycles. The number of carbonyl (C=O) groups excluding carboxylic acids is 1. The number of para-hydroxylation sites is 2. The summed E-state index contributed by atoms with van der Waals surface area (Å²) in [5, 5.41) is 2.79. The fraction of sp³-hybridized carbons (Fsp3) is 0.533. The summed E-state index contributed by atoms with van der Waals surface area (Å²) in [6.07, 6.45) is 1.86. The van der Waals surface area contributed by atoms with Crippen molar-refractivity contribution >= 4 is 21.6 Å². The third-order valence-electron chi connectivity index (χ3n) is 2.97. The van der Waals surface area contributed by atoms with Gasteiger partial charge in [0.15, 0.2) is 0 Å². The molecule has 1 N–H and O–H groups in total. The average molecular weight is 328 g/mol. The van der Waals surface area contributed by atoms with Crippen molar-refractivity contribution in [3.8, 4) is 5.75 Å². The summed E-state index contributed by atoms with van der Waals surface area (Å²) in [7, 11) is -1.95. The molecule has 0 saturated heterocycles. The van der Waals surface area contributed by atoms with Crippen LogP contribution in [-0.2, 0) is 14.8 Å². The van der Waals surface area contributed by atoms with Gasteiger partial charge in [-0.3, -0.25) is 9.10 Å². The minimum atomic E-state index is -3.45. The molecule has 1 rings (SSSR count). The van der Waals surface area contributed by atoms with Crippen LogP contribution in [0.5, 0.6) is 5.75 Å². The van der Waals surface area contributed by atoms with Crippen LogP contribution in [0.15, 0.2) is 24.3 Å². The zero-order valence-corrected chi connectivity index (χ0v) is 14.3. The SMILES string of the molecule is COc1ccccc1N(CCCC(=O)NC(C)C)S(C)(=O)=O. The molecule has 0 radical (unpaired) electrons. The smallest absolute Gasteiger partial charge is 0.232 e. The maximum absolute atomic E-state index is 12.0. The van der Waals surface area contributed by atoms with E-state index in [4.69, 9.17) is 4.74 Å². The number of carbonyl (C=O) groups is 1. The first-order valence-electron chi connectivity index (χ1n) is 7.15. The molecule has 0 heterocycles. The molecule has 0 aliphatic rings. The second kappa shape index (κ2) is 8.03. The first-order chi connectivity index (χ1) is 10.3. The summed E-state index contributed by atoms with van der Waals surface area (Å²) in [5.41, 5.74) is 0.483. The fourth-order valence-corrected chi connectivity index (χ4v) is 3.05. The van der Waals surface area contributed by atoms with Gasteiger partial charge in [0.2, 0.25) is 15.9 Å². The molecule has 124 valence electrons. The van der Waals surface area contributed by atoms with Gasteiger partial charge in [-0.25, -0.2) is 8.42 Å². The van der Waals surface area contributed by atoms with E-state index in [-0.39, 0.29) is 24.9 Å². The Kier molecular flexibility index (Phi) is 6.67. The third-order valence-corrected chi connectivity index (χ3v) is 4.15. The highest BCUT2D eigenvalue weighted by Crippen LogP contribution is 2.29. The van der Waals surface area contributed by atoms with Crippen LogP contribution in [0.1, 0.15) is 26.7 Å². The van der Waals surface area contributed by atoms with Crippen LogP contribution in [0.3, 0.4) is 0 Å². The van der Waals surface area contributed by atoms with Gasteiger partial charge in [-0.2, -0.15) is 0 Å². The Morgan fingerprint density at radius 3 is 2.50 bits per heavy atom. The Bertz CT molecular complexity index is 599. The van der Waals surface area contributed by atoms with Gasteiger partial charge >= 0.3 is 0 Å². The van der Waals surface area contributed by atoms with Crippen LogP contribution in [0.4, 0.5) is 5.69 Å². The molecule has 0 saturated carbocycles. The van der Waals surface area contributed by atoms with E-state index in [1.165, 1.54) is 11.4 Å². The standard InChI is InChI=1S/C15H24N2O4S/c1-12(2)16-15(18)10-7-11-17(22(4,19)20)13-8-5-6-9-14(13)21-3/h5-6,8-9,12H,7,10-11H2,1-4H3,(H,16,18). The second-order valence-corrected chi connectivity index (χ2v) is 7.24. The molecule has 0 bridgehead atoms. The largest absolute Gasteiger partial charge is 0.495 e. The molecule has 6 nitrogen and oxygen atoms in total. The van der Waals surface area contributed by atoms with Crippen LogP contribution in [0.2, 0.25) is 0 Å². The van der Waals surface area contributed by atoms with E-state index in [9.17, 15) is 13.2 Å². The van der Waals surface area contributed by atoms with E-state index >= 15 is 0 Å². The third kappa shape index (κ3) is 5.55. The molecule has 1 aromatic rings. The highest BCUT2D eigenvalue weighted by atomic mass is 32.2. The van der Waals surface area contributed by atoms with Crippen molar-refractivity contribution in [1.82, 2.24) is 5.32 Å². The number of nitrogens with zero attached hydrogens (tertiary/aromatic N) is 1. The van der Waals surface area contributed by atoms with Gasteiger partial charge in [-0.15, -0.1) is 0 Å². The van der Waals surface area contributed by atoms with Crippen molar-refractivity contribution in [3.05, 3.63) is 24.3 Å². The zero-order valence-electron chi connectivity index (χ0n) is 13.5. The van der Waals surface area contributed by atoms with Crippen molar-refractivity contribution < 1.29 is 17.9 Å². The van der Waals surface area contributed by atoms with E-state index in [2.05, 4.69) is 5.32 Å². The molecular formula is C15H24N2O4S. The number of benzene rings is 1. The van der Waals surface area contributed by atoms with Crippen LogP contribution in [0.25, 0.3) is 0 Å². The molecule has 7 heteroatoms. The number of amides is 1. The molecule has 1 amide bonds. The Hall–Kier alpha value is -1.76. The van der Waals surface area contributed by atoms with Gasteiger partial charge in [-0.05, 0) is 32.4 Å². The maximum atomic E-state index is 12.0. The number of hydrogen-bond acceptors (Lipinski definition) is 4. The van der Waals surface area contributed by atoms with Crippen LogP contribution in [0, 0.1) is 0 Å². The first kappa shape index (κ1) is 18.3. The molecule has 0 atom stereocenters. The lowest BCUT2D eigenvalue weighted by Gasteiger charge is -2.24. The predicted octanol–water partition coefficient (Wildman–Crippen LogP) is 1.77. The molecule has 0 spiro atoms. The van der Waals surface area contributed by atoms with Gasteiger partial charge in [0.05, 0.1) is 19.1 Å². The molecular weight excluding hydrogens is 304 g/mol. The minimum Gasteiger partial charge on any atom is -0.495 e. The molecule has 0 aliphatic heterocycles. The number of methoxy groups -OCH3 is 1. The average Bonchev–Trinajstić information content (AvgIpc) is 2.41. The van der Waals surface area contributed by atoms with Crippen LogP contribution < -0.4 is 14.4 Å². The van der Waals surface area contributed by atoms with Crippen molar-refractivity contribution in [2.45, 2.75) is 32.7 Å². The number of anilines is 1. The first-order valence-corrected chi connectivity index (χ1v) is 9.00. The molecule has 0 aromatic heterocycles. The van der Waals surface area contributed by atoms with Gasteiger partial charge in [0.25, 0.3) is 0 Å². The summed E-state index contributed by atoms with van der Waals surface area (Å²) < 4.78 is 30.5. The van der Waals surface area contributed by atoms with E-state index in [0.29, 0.717) is 17.9 Å². The van der Waals surface area contributed by atoms with Crippen molar-refractivity contribution in [1.29, 1.82) is 0 Å². The monoisotopic (exact) mass is 328 g/mol. The number of nitrogens with one attached hydrogen (secondary N) is 1. The normalized spacial score (nSPS) is 11.3. The zero-order chi connectivity index (χ0) is 16.8. The molecule has 22 heavy (non-hydrogen) atoms. The summed E-state index contributed by atoms with van der Waals surface area (Å²) >= 11 is 0. The topological polar surface area (TPSA) is 75.7 Å². The van der Waals surface area contributed by atoms with Gasteiger partial charge in [0, 0.05) is 19.0 Å². The Morgan fingerprint density at radius 1 is 1.32 bits per heavy atom. The number of hydrogen-bond donors (Lipinski definition) is 1. The lowest BCUT2D eigenvalue weighted by atomic mass is 10.2. The second-order valence-electron chi connectivity index (χ2n) is 5.33. The number of sulfonamides is 1. The number of ether oxygens (including phenoxy) is 1. The summed E-state index contributed by atoms with van der Waals surface area (Å²) in [4.78, 5) is 11.6. The van der Waals surface area contributed by atoms with Gasteiger partial charge in [0.1, 0.15) is 5.75 Å². The van der Waals surface area contributed by atoms with Gasteiger partial charge in [-0.1, -0.05) is 12.1 Å². The molecule has 0 fully saturated rings. The quantitative estimate of drug-likeness (QED) is 0.789. The Labute approximate surface area is 132 Å². The lowest BCUT2D eigenvalue weighted by molar-refractivity contribution is -0.121. The van der Waals surface area contributed by atoms with Crippen LogP contribution in [-0.4, -0.2) is 40.3 Å². The van der Waals surface area contributed by atoms with Crippen LogP contribution >= 0.6 is 0 Å². The highest BCUT2D eigenvalue weighted by Gasteiger charge is 2.20. The van der Waals surface area contributed by atoms with Gasteiger partial charge < -0.3 is 10.1 Å². The Morgan fingerprint density at radius 2 is 1.95 bits per heavy atom. The predicted molar refractivity (Wildman–Crippen MR) is 87.7 cm³/mol. The fourth-order valence-electron chi connectivity index (χ4n) is 2.08. The van der Waals surface area contributed by atoms with E-state index in [0.717, 1.165) is 6.26 Å². The van der Waals surface area contributed by atoms with E-state index in [1.807, 2.05) is 13.8 Å².